The number of amides is 1. The number of anilines is 1. The fraction of sp³-hybridized carbons (Fsp3) is 0.222. The molecule has 0 unspecified atom stereocenters. The van der Waals surface area contributed by atoms with E-state index in [9.17, 15) is 9.59 Å². The van der Waals surface area contributed by atoms with Crippen LogP contribution in [0.3, 0.4) is 0 Å². The van der Waals surface area contributed by atoms with Gasteiger partial charge in [0.1, 0.15) is 5.41 Å². The Morgan fingerprint density at radius 2 is 1.59 bits per heavy atom. The minimum Gasteiger partial charge on any atom is -0.347 e. The Balaban J connectivity index is 2.09. The van der Waals surface area contributed by atoms with Crippen molar-refractivity contribution in [2.45, 2.75) is 18.0 Å². The quantitative estimate of drug-likeness (QED) is 0.817. The zero-order chi connectivity index (χ0) is 15.5. The van der Waals surface area contributed by atoms with Gasteiger partial charge < -0.3 is 10.2 Å². The molecular formula is C18H16N2O2. The van der Waals surface area contributed by atoms with Crippen molar-refractivity contribution in [3.8, 4) is 0 Å². The summed E-state index contributed by atoms with van der Waals surface area (Å²) < 4.78 is 0. The summed E-state index contributed by atoms with van der Waals surface area (Å²) in [6.45, 7) is 1.86. The molecule has 1 N–H and O–H groups in total. The van der Waals surface area contributed by atoms with E-state index in [2.05, 4.69) is 5.32 Å². The van der Waals surface area contributed by atoms with Crippen LogP contribution in [0.2, 0.25) is 0 Å². The highest BCUT2D eigenvalue weighted by Crippen LogP contribution is 2.57. The van der Waals surface area contributed by atoms with E-state index in [0.717, 1.165) is 16.8 Å². The molecule has 1 saturated heterocycles. The van der Waals surface area contributed by atoms with Crippen LogP contribution in [0.1, 0.15) is 18.1 Å². The molecule has 4 nitrogen and oxygen atoms in total. The van der Waals surface area contributed by atoms with Gasteiger partial charge in [-0.05, 0) is 24.1 Å². The van der Waals surface area contributed by atoms with Crippen molar-refractivity contribution >= 4 is 17.4 Å². The van der Waals surface area contributed by atoms with Crippen LogP contribution in [0.15, 0.2) is 54.6 Å². The van der Waals surface area contributed by atoms with Crippen molar-refractivity contribution in [2.75, 3.05) is 11.9 Å². The van der Waals surface area contributed by atoms with E-state index in [-0.39, 0.29) is 5.78 Å². The first-order valence-corrected chi connectivity index (χ1v) is 7.29. The molecule has 22 heavy (non-hydrogen) atoms. The first-order chi connectivity index (χ1) is 10.5. The van der Waals surface area contributed by atoms with Crippen LogP contribution in [0, 0.1) is 0 Å². The molecule has 0 radical (unpaired) electrons. The van der Waals surface area contributed by atoms with Crippen molar-refractivity contribution in [1.29, 1.82) is 0 Å². The number of hydrogen-bond donors (Lipinski definition) is 1. The number of nitrogens with zero attached hydrogens (tertiary/aromatic N) is 1. The maximum atomic E-state index is 12.8. The minimum atomic E-state index is -0.934. The number of likely N-dealkylation sites (N-methyl/N-ethyl adjacent to an activating group) is 1. The molecule has 2 aromatic carbocycles. The van der Waals surface area contributed by atoms with Crippen LogP contribution in [0.25, 0.3) is 0 Å². The van der Waals surface area contributed by atoms with E-state index in [1.807, 2.05) is 73.5 Å². The van der Waals surface area contributed by atoms with Gasteiger partial charge in [-0.3, -0.25) is 9.59 Å². The fourth-order valence-corrected chi connectivity index (χ4v) is 4.08. The van der Waals surface area contributed by atoms with E-state index in [1.54, 1.807) is 0 Å². The molecule has 2 aliphatic rings. The predicted molar refractivity (Wildman–Crippen MR) is 83.5 cm³/mol. The lowest BCUT2D eigenvalue weighted by Gasteiger charge is -2.41. The molecule has 2 atom stereocenters. The lowest BCUT2D eigenvalue weighted by atomic mass is 9.71. The number of Topliss-reactive ketones (excluding diaryl/α,β-unsaturated/α-hetero) is 1. The Morgan fingerprint density at radius 3 is 2.32 bits per heavy atom. The van der Waals surface area contributed by atoms with Crippen LogP contribution in [0.4, 0.5) is 5.69 Å². The summed E-state index contributed by atoms with van der Waals surface area (Å²) in [4.78, 5) is 27.0. The zero-order valence-electron chi connectivity index (χ0n) is 12.5. The smallest absolute Gasteiger partial charge is 0.290 e. The third-order valence-corrected chi connectivity index (χ3v) is 5.18. The number of fused-ring (bicyclic) bond motifs is 3. The van der Waals surface area contributed by atoms with Gasteiger partial charge in [0.15, 0.2) is 5.66 Å². The maximum absolute atomic E-state index is 12.8. The van der Waals surface area contributed by atoms with Crippen molar-refractivity contribution in [3.63, 3.8) is 0 Å². The first-order valence-electron chi connectivity index (χ1n) is 7.29. The Kier molecular flexibility index (Phi) is 2.36. The lowest BCUT2D eigenvalue weighted by Crippen LogP contribution is -2.58. The second-order valence-corrected chi connectivity index (χ2v) is 6.06. The predicted octanol–water partition coefficient (Wildman–Crippen LogP) is 1.95. The summed E-state index contributed by atoms with van der Waals surface area (Å²) in [5.41, 5.74) is 0.977. The molecule has 1 amide bonds. The van der Waals surface area contributed by atoms with Crippen LogP contribution < -0.4 is 10.2 Å². The molecule has 2 aromatic rings. The van der Waals surface area contributed by atoms with Crippen LogP contribution in [0.5, 0.6) is 0 Å². The van der Waals surface area contributed by atoms with Gasteiger partial charge in [-0.15, -0.1) is 0 Å². The van der Waals surface area contributed by atoms with Gasteiger partial charge in [-0.2, -0.15) is 0 Å². The fourth-order valence-electron chi connectivity index (χ4n) is 4.08. The third-order valence-electron chi connectivity index (χ3n) is 5.18. The normalized spacial score (nSPS) is 29.3. The Hall–Kier alpha value is -2.62. The number of rotatable bonds is 1. The summed E-state index contributed by atoms with van der Waals surface area (Å²) >= 11 is 0. The molecule has 0 aliphatic carbocycles. The zero-order valence-corrected chi connectivity index (χ0v) is 12.5. The largest absolute Gasteiger partial charge is 0.347 e. The summed E-state index contributed by atoms with van der Waals surface area (Å²) in [5, 5.41) is 2.97. The Morgan fingerprint density at radius 1 is 0.955 bits per heavy atom. The minimum absolute atomic E-state index is 0.381. The summed E-state index contributed by atoms with van der Waals surface area (Å²) in [6.07, 6.45) is 0. The van der Waals surface area contributed by atoms with Crippen LogP contribution in [-0.2, 0) is 20.7 Å². The first kappa shape index (κ1) is 13.1. The van der Waals surface area contributed by atoms with Gasteiger partial charge in [-0.1, -0.05) is 48.5 Å². The summed E-state index contributed by atoms with van der Waals surface area (Å²) in [6, 6.07) is 17.5. The summed E-state index contributed by atoms with van der Waals surface area (Å²) in [5.74, 6) is -0.902. The number of nitrogens with one attached hydrogen (secondary N) is 1. The highest BCUT2D eigenvalue weighted by Gasteiger charge is 2.69. The molecule has 110 valence electrons. The van der Waals surface area contributed by atoms with Gasteiger partial charge in [0.25, 0.3) is 5.91 Å². The average molecular weight is 292 g/mol. The maximum Gasteiger partial charge on any atom is 0.290 e. The van der Waals surface area contributed by atoms with Crippen LogP contribution >= 0.6 is 0 Å². The summed E-state index contributed by atoms with van der Waals surface area (Å²) in [7, 11) is 1.93. The van der Waals surface area contributed by atoms with Gasteiger partial charge in [-0.25, -0.2) is 0 Å². The molecule has 0 aromatic heterocycles. The van der Waals surface area contributed by atoms with Gasteiger partial charge in [0.2, 0.25) is 5.78 Å². The van der Waals surface area contributed by atoms with Crippen LogP contribution in [-0.4, -0.2) is 18.7 Å². The molecule has 0 bridgehead atoms. The second kappa shape index (κ2) is 3.97. The molecule has 2 aliphatic heterocycles. The topological polar surface area (TPSA) is 49.4 Å². The van der Waals surface area contributed by atoms with E-state index < -0.39 is 17.0 Å². The highest BCUT2D eigenvalue weighted by atomic mass is 16.2. The molecule has 0 spiro atoms. The molecule has 4 rings (SSSR count). The Bertz CT molecular complexity index is 802. The molecule has 1 fully saturated rings. The number of benzene rings is 2. The van der Waals surface area contributed by atoms with Gasteiger partial charge in [0.05, 0.1) is 0 Å². The van der Waals surface area contributed by atoms with E-state index in [4.69, 9.17) is 0 Å². The van der Waals surface area contributed by atoms with E-state index in [0.29, 0.717) is 0 Å². The average Bonchev–Trinajstić information content (AvgIpc) is 2.89. The number of para-hydroxylation sites is 1. The van der Waals surface area contributed by atoms with Crippen molar-refractivity contribution in [3.05, 3.63) is 65.7 Å². The Labute approximate surface area is 128 Å². The van der Waals surface area contributed by atoms with Crippen molar-refractivity contribution in [1.82, 2.24) is 5.32 Å². The van der Waals surface area contributed by atoms with E-state index >= 15 is 0 Å². The van der Waals surface area contributed by atoms with Gasteiger partial charge in [0, 0.05) is 12.7 Å². The SMILES string of the molecule is CN1c2ccccc2[C@]2(C)C(=O)C(=O)N[C@]12c1ccccc1. The lowest BCUT2D eigenvalue weighted by molar-refractivity contribution is -0.137. The second-order valence-electron chi connectivity index (χ2n) is 6.06. The van der Waals surface area contributed by atoms with Crippen molar-refractivity contribution in [2.24, 2.45) is 0 Å². The number of hydrogen-bond acceptors (Lipinski definition) is 3. The monoisotopic (exact) mass is 292 g/mol. The number of ketones is 1. The molecule has 4 heteroatoms. The van der Waals surface area contributed by atoms with Crippen molar-refractivity contribution < 1.29 is 9.59 Å². The van der Waals surface area contributed by atoms with Gasteiger partial charge >= 0.3 is 0 Å². The number of carbonyl (C=O) groups excluding carboxylic acids is 2. The van der Waals surface area contributed by atoms with E-state index in [1.165, 1.54) is 0 Å². The molecule has 2 heterocycles. The molecule has 0 saturated carbocycles. The molecular weight excluding hydrogens is 276 g/mol. The standard InChI is InChI=1S/C18H16N2O2/c1-17-13-10-6-7-11-14(13)20(2)18(17,19-16(22)15(17)21)12-8-4-3-5-9-12/h3-11H,1-2H3,(H,19,22)/t17-,18-/m1/s1. The third kappa shape index (κ3) is 1.20. The highest BCUT2D eigenvalue weighted by molar-refractivity contribution is 6.43. The number of carbonyl (C=O) groups is 2.